The molecule has 2 aromatic rings. The summed E-state index contributed by atoms with van der Waals surface area (Å²) < 4.78 is 80.7. The van der Waals surface area contributed by atoms with E-state index in [0.717, 1.165) is 6.42 Å². The van der Waals surface area contributed by atoms with Crippen LogP contribution < -0.4 is 5.32 Å². The van der Waals surface area contributed by atoms with Crippen LogP contribution in [0, 0.1) is 0 Å². The normalized spacial score (nSPS) is 18.9. The number of carbonyl (C=O) groups is 1. The van der Waals surface area contributed by atoms with Crippen LogP contribution in [0.15, 0.2) is 29.4 Å². The Morgan fingerprint density at radius 1 is 1.07 bits per heavy atom. The molecule has 0 unspecified atom stereocenters. The van der Waals surface area contributed by atoms with Gasteiger partial charge in [-0.25, -0.2) is 0 Å². The first-order valence-electron chi connectivity index (χ1n) is 9.01. The van der Waals surface area contributed by atoms with Crippen LogP contribution in [0.5, 0.6) is 0 Å². The Bertz CT molecular complexity index is 1020. The van der Waals surface area contributed by atoms with Crippen molar-refractivity contribution in [2.75, 3.05) is 5.32 Å². The van der Waals surface area contributed by atoms with Crippen molar-refractivity contribution < 1.29 is 31.1 Å². The van der Waals surface area contributed by atoms with Gasteiger partial charge in [-0.1, -0.05) is 6.42 Å². The van der Waals surface area contributed by atoms with Crippen LogP contribution >= 0.6 is 0 Å². The predicted molar refractivity (Wildman–Crippen MR) is 94.2 cm³/mol. The first kappa shape index (κ1) is 19.7. The van der Waals surface area contributed by atoms with Crippen LogP contribution in [-0.2, 0) is 0 Å². The number of Topliss-reactive ketones (excluding diaryl/α,β-unsaturated/α-hetero) is 1. The monoisotopic (exact) mass is 415 g/mol. The van der Waals surface area contributed by atoms with E-state index < -0.39 is 40.6 Å². The van der Waals surface area contributed by atoms with E-state index in [-0.39, 0.29) is 16.6 Å². The van der Waals surface area contributed by atoms with E-state index in [1.54, 1.807) is 0 Å². The molecule has 1 aromatic heterocycles. The molecule has 2 heterocycles. The number of hydrogen-bond acceptors (Lipinski definition) is 4. The van der Waals surface area contributed by atoms with Crippen molar-refractivity contribution in [3.63, 3.8) is 0 Å². The molecule has 1 spiro atoms. The number of aromatic nitrogens is 1. The fraction of sp³-hybridized carbons (Fsp3) is 0.421. The largest absolute Gasteiger partial charge is 0.454 e. The summed E-state index contributed by atoms with van der Waals surface area (Å²) in [6.45, 7) is 0. The van der Waals surface area contributed by atoms with E-state index in [1.165, 1.54) is 18.3 Å². The summed E-state index contributed by atoms with van der Waals surface area (Å²) in [4.78, 5) is 19.7. The summed E-state index contributed by atoms with van der Waals surface area (Å²) in [6.07, 6.45) is -5.98. The number of ketones is 1. The lowest BCUT2D eigenvalue weighted by Crippen LogP contribution is -2.45. The van der Waals surface area contributed by atoms with Crippen LogP contribution in [0.3, 0.4) is 0 Å². The Kier molecular flexibility index (Phi) is 4.36. The zero-order valence-corrected chi connectivity index (χ0v) is 14.9. The van der Waals surface area contributed by atoms with Crippen molar-refractivity contribution in [2.24, 2.45) is 4.99 Å². The fourth-order valence-corrected chi connectivity index (χ4v) is 4.02. The van der Waals surface area contributed by atoms with Crippen LogP contribution in [0.25, 0.3) is 10.9 Å². The topological polar surface area (TPSA) is 54.4 Å². The highest BCUT2D eigenvalue weighted by Gasteiger charge is 2.47. The first-order valence-corrected chi connectivity index (χ1v) is 9.01. The molecule has 1 aliphatic heterocycles. The maximum Gasteiger partial charge on any atom is 0.454 e. The average Bonchev–Trinajstić information content (AvgIpc) is 2.66. The summed E-state index contributed by atoms with van der Waals surface area (Å²) in [6, 6.07) is 3.37. The molecule has 0 atom stereocenters. The lowest BCUT2D eigenvalue weighted by atomic mass is 9.85. The Morgan fingerprint density at radius 3 is 2.38 bits per heavy atom. The van der Waals surface area contributed by atoms with Gasteiger partial charge >= 0.3 is 12.4 Å². The number of anilines is 1. The number of nitrogens with zero attached hydrogens (tertiary/aromatic N) is 2. The molecule has 1 aliphatic carbocycles. The molecular weight excluding hydrogens is 400 g/mol. The van der Waals surface area contributed by atoms with Gasteiger partial charge in [0, 0.05) is 17.1 Å². The minimum Gasteiger partial charge on any atom is -0.360 e. The van der Waals surface area contributed by atoms with Gasteiger partial charge in [-0.05, 0) is 43.9 Å². The molecule has 29 heavy (non-hydrogen) atoms. The van der Waals surface area contributed by atoms with E-state index in [0.29, 0.717) is 31.7 Å². The minimum atomic E-state index is -5.25. The van der Waals surface area contributed by atoms with Gasteiger partial charge in [0.15, 0.2) is 5.71 Å². The number of rotatable bonds is 1. The molecule has 1 N–H and O–H groups in total. The number of alkyl halides is 6. The molecule has 0 bridgehead atoms. The molecule has 0 radical (unpaired) electrons. The van der Waals surface area contributed by atoms with Gasteiger partial charge < -0.3 is 5.32 Å². The summed E-state index contributed by atoms with van der Waals surface area (Å²) in [5.41, 5.74) is -4.22. The second-order valence-electron chi connectivity index (χ2n) is 7.25. The predicted octanol–water partition coefficient (Wildman–Crippen LogP) is 5.42. The van der Waals surface area contributed by atoms with Crippen LogP contribution in [-0.4, -0.2) is 34.5 Å². The van der Waals surface area contributed by atoms with Crippen LogP contribution in [0.1, 0.15) is 48.0 Å². The van der Waals surface area contributed by atoms with Gasteiger partial charge in [0.2, 0.25) is 0 Å². The van der Waals surface area contributed by atoms with Crippen LogP contribution in [0.4, 0.5) is 32.0 Å². The number of nitrogens with one attached hydrogen (secondary N) is 1. The minimum absolute atomic E-state index is 0.0102. The van der Waals surface area contributed by atoms with Gasteiger partial charge in [0.05, 0.1) is 16.8 Å². The van der Waals surface area contributed by atoms with E-state index in [2.05, 4.69) is 15.3 Å². The number of pyridine rings is 1. The maximum absolute atomic E-state index is 13.8. The zero-order chi connectivity index (χ0) is 21.0. The zero-order valence-electron chi connectivity index (χ0n) is 14.9. The number of fused-ring (bicyclic) bond motifs is 3. The second-order valence-corrected chi connectivity index (χ2v) is 7.25. The molecule has 10 heteroatoms. The molecule has 0 saturated heterocycles. The van der Waals surface area contributed by atoms with Crippen molar-refractivity contribution in [2.45, 2.75) is 50.1 Å². The van der Waals surface area contributed by atoms with E-state index in [1.807, 2.05) is 0 Å². The van der Waals surface area contributed by atoms with Crippen molar-refractivity contribution in [3.8, 4) is 0 Å². The lowest BCUT2D eigenvalue weighted by molar-refractivity contribution is -0.0884. The molecule has 4 rings (SSSR count). The number of aliphatic imine (C=N–C) groups is 1. The number of halogens is 6. The smallest absolute Gasteiger partial charge is 0.360 e. The number of carbonyl (C=O) groups excluding carboxylic acids is 1. The summed E-state index contributed by atoms with van der Waals surface area (Å²) >= 11 is 0. The van der Waals surface area contributed by atoms with Crippen molar-refractivity contribution >= 4 is 28.1 Å². The van der Waals surface area contributed by atoms with Crippen LogP contribution in [0.2, 0.25) is 0 Å². The Balaban J connectivity index is 2.03. The molecule has 1 saturated carbocycles. The lowest BCUT2D eigenvalue weighted by Gasteiger charge is -2.40. The highest BCUT2D eigenvalue weighted by molar-refractivity contribution is 6.20. The third kappa shape index (κ3) is 3.34. The molecule has 154 valence electrons. The van der Waals surface area contributed by atoms with Gasteiger partial charge in [0.1, 0.15) is 5.66 Å². The Hall–Kier alpha value is -2.65. The SMILES string of the molecule is O=C(c1cc2c(c3cccnc13)NC1(CCCCC1)N=C2C(F)(F)F)C(F)(F)F. The molecule has 0 amide bonds. The molecular formula is C19H15F6N3O. The summed E-state index contributed by atoms with van der Waals surface area (Å²) in [5, 5.41) is 3.07. The molecule has 2 aliphatic rings. The average molecular weight is 415 g/mol. The third-order valence-electron chi connectivity index (χ3n) is 5.28. The Morgan fingerprint density at radius 2 is 1.76 bits per heavy atom. The highest BCUT2D eigenvalue weighted by Crippen LogP contribution is 2.44. The number of hydrogen-bond donors (Lipinski definition) is 1. The van der Waals surface area contributed by atoms with Crippen molar-refractivity contribution in [1.82, 2.24) is 4.98 Å². The van der Waals surface area contributed by atoms with Gasteiger partial charge in [0.25, 0.3) is 5.78 Å². The van der Waals surface area contributed by atoms with Gasteiger partial charge in [-0.3, -0.25) is 14.8 Å². The van der Waals surface area contributed by atoms with E-state index in [4.69, 9.17) is 0 Å². The summed E-state index contributed by atoms with van der Waals surface area (Å²) in [5.74, 6) is -2.25. The highest BCUT2D eigenvalue weighted by atomic mass is 19.4. The van der Waals surface area contributed by atoms with E-state index in [9.17, 15) is 31.1 Å². The third-order valence-corrected chi connectivity index (χ3v) is 5.28. The molecule has 1 fully saturated rings. The van der Waals surface area contributed by atoms with Gasteiger partial charge in [-0.2, -0.15) is 26.3 Å². The fourth-order valence-electron chi connectivity index (χ4n) is 4.02. The van der Waals surface area contributed by atoms with E-state index >= 15 is 0 Å². The molecule has 1 aromatic carbocycles. The quantitative estimate of drug-likeness (QED) is 0.500. The van der Waals surface area contributed by atoms with Crippen molar-refractivity contribution in [1.29, 1.82) is 0 Å². The van der Waals surface area contributed by atoms with Gasteiger partial charge in [-0.15, -0.1) is 0 Å². The summed E-state index contributed by atoms with van der Waals surface area (Å²) in [7, 11) is 0. The molecule has 4 nitrogen and oxygen atoms in total. The first-order chi connectivity index (χ1) is 13.5. The number of benzene rings is 1. The maximum atomic E-state index is 13.8. The standard InChI is InChI=1S/C19H15F6N3O/c20-18(21,22)15-11-9-12(16(29)19(23,24)25)13-10(5-4-8-26-13)14(11)27-17(28-15)6-2-1-3-7-17/h4-5,8-9,27H,1-3,6-7H2. The second kappa shape index (κ2) is 6.43. The Labute approximate surface area is 161 Å². The van der Waals surface area contributed by atoms with Crippen molar-refractivity contribution in [3.05, 3.63) is 35.5 Å².